The number of benzene rings is 1. The summed E-state index contributed by atoms with van der Waals surface area (Å²) in [6, 6.07) is 11.5. The molecule has 160 valence electrons. The van der Waals surface area contributed by atoms with Crippen molar-refractivity contribution in [1.82, 2.24) is 15.0 Å². The van der Waals surface area contributed by atoms with E-state index in [1.54, 1.807) is 19.9 Å². The summed E-state index contributed by atoms with van der Waals surface area (Å²) < 4.78 is 11.2. The molecule has 0 radical (unpaired) electrons. The monoisotopic (exact) mass is 411 g/mol. The van der Waals surface area contributed by atoms with Gasteiger partial charge < -0.3 is 19.1 Å². The van der Waals surface area contributed by atoms with Crippen LogP contribution in [-0.4, -0.2) is 59.6 Å². The number of carbonyl (C=O) groups is 2. The Morgan fingerprint density at radius 3 is 2.50 bits per heavy atom. The molecule has 2 unspecified atom stereocenters. The maximum absolute atomic E-state index is 13.0. The van der Waals surface area contributed by atoms with Gasteiger partial charge in [0, 0.05) is 45.1 Å². The van der Waals surface area contributed by atoms with Crippen molar-refractivity contribution in [3.05, 3.63) is 47.9 Å². The molecule has 2 aliphatic heterocycles. The Labute approximate surface area is 177 Å². The Bertz CT molecular complexity index is 874. The lowest BCUT2D eigenvalue weighted by Crippen LogP contribution is -2.40. The van der Waals surface area contributed by atoms with Crippen LogP contribution >= 0.6 is 0 Å². The zero-order chi connectivity index (χ0) is 21.1. The molecule has 0 saturated carbocycles. The first-order valence-electron chi connectivity index (χ1n) is 10.7. The maximum Gasteiger partial charge on any atom is 0.276 e. The van der Waals surface area contributed by atoms with Crippen molar-refractivity contribution in [2.45, 2.75) is 26.7 Å². The van der Waals surface area contributed by atoms with Gasteiger partial charge >= 0.3 is 0 Å². The van der Waals surface area contributed by atoms with Crippen LogP contribution in [0, 0.1) is 24.7 Å². The van der Waals surface area contributed by atoms with E-state index in [4.69, 9.17) is 9.26 Å². The molecule has 2 amide bonds. The van der Waals surface area contributed by atoms with Crippen LogP contribution in [0.4, 0.5) is 0 Å². The highest BCUT2D eigenvalue weighted by Gasteiger charge is 2.41. The summed E-state index contributed by atoms with van der Waals surface area (Å²) in [6.07, 6.45) is 1.94. The Hall–Kier alpha value is -2.83. The minimum Gasteiger partial charge on any atom is -0.493 e. The molecule has 2 aromatic rings. The molecule has 0 N–H and O–H groups in total. The van der Waals surface area contributed by atoms with Gasteiger partial charge in [0.15, 0.2) is 5.69 Å². The molecule has 7 nitrogen and oxygen atoms in total. The van der Waals surface area contributed by atoms with E-state index in [2.05, 4.69) is 5.16 Å². The van der Waals surface area contributed by atoms with Gasteiger partial charge in [0.1, 0.15) is 11.5 Å². The van der Waals surface area contributed by atoms with Crippen molar-refractivity contribution in [2.24, 2.45) is 17.8 Å². The molecule has 2 atom stereocenters. The molecule has 30 heavy (non-hydrogen) atoms. The number of aryl methyl sites for hydroxylation is 1. The number of nitrogens with zero attached hydrogens (tertiary/aromatic N) is 3. The quantitative estimate of drug-likeness (QED) is 0.756. The number of aromatic nitrogens is 1. The lowest BCUT2D eigenvalue weighted by atomic mass is 9.78. The topological polar surface area (TPSA) is 75.9 Å². The van der Waals surface area contributed by atoms with Crippen LogP contribution < -0.4 is 4.74 Å². The minimum atomic E-state index is -0.0831. The summed E-state index contributed by atoms with van der Waals surface area (Å²) in [5.41, 5.74) is 0.363. The second kappa shape index (κ2) is 8.90. The van der Waals surface area contributed by atoms with Crippen molar-refractivity contribution in [3.63, 3.8) is 0 Å². The fourth-order valence-corrected chi connectivity index (χ4v) is 4.76. The van der Waals surface area contributed by atoms with Crippen LogP contribution in [0.15, 0.2) is 40.9 Å². The fourth-order valence-electron chi connectivity index (χ4n) is 4.76. The molecule has 2 aliphatic rings. The number of amides is 2. The smallest absolute Gasteiger partial charge is 0.276 e. The average molecular weight is 412 g/mol. The third-order valence-corrected chi connectivity index (χ3v) is 6.42. The van der Waals surface area contributed by atoms with Crippen LogP contribution in [-0.2, 0) is 4.79 Å². The van der Waals surface area contributed by atoms with Crippen LogP contribution in [0.5, 0.6) is 5.75 Å². The molecule has 2 saturated heterocycles. The summed E-state index contributed by atoms with van der Waals surface area (Å²) in [4.78, 5) is 28.5. The summed E-state index contributed by atoms with van der Waals surface area (Å²) in [7, 11) is 0. The first-order valence-corrected chi connectivity index (χ1v) is 10.7. The van der Waals surface area contributed by atoms with E-state index < -0.39 is 0 Å². The number of hydrogen-bond donors (Lipinski definition) is 0. The number of hydrogen-bond acceptors (Lipinski definition) is 5. The van der Waals surface area contributed by atoms with E-state index in [9.17, 15) is 9.59 Å². The highest BCUT2D eigenvalue weighted by molar-refractivity contribution is 5.92. The molecule has 1 aromatic heterocycles. The van der Waals surface area contributed by atoms with Crippen molar-refractivity contribution in [1.29, 1.82) is 0 Å². The highest BCUT2D eigenvalue weighted by Crippen LogP contribution is 2.36. The molecule has 1 aromatic carbocycles. The molecule has 3 heterocycles. The van der Waals surface area contributed by atoms with E-state index in [1.165, 1.54) is 0 Å². The second-order valence-corrected chi connectivity index (χ2v) is 8.42. The van der Waals surface area contributed by atoms with E-state index in [0.29, 0.717) is 43.0 Å². The highest BCUT2D eigenvalue weighted by atomic mass is 16.5. The third kappa shape index (κ3) is 4.50. The number of rotatable bonds is 5. The van der Waals surface area contributed by atoms with Gasteiger partial charge in [0.25, 0.3) is 5.91 Å². The summed E-state index contributed by atoms with van der Waals surface area (Å²) in [5.74, 6) is 2.61. The van der Waals surface area contributed by atoms with E-state index in [-0.39, 0.29) is 17.7 Å². The van der Waals surface area contributed by atoms with Crippen LogP contribution in [0.25, 0.3) is 0 Å². The van der Waals surface area contributed by atoms with Gasteiger partial charge in [-0.25, -0.2) is 0 Å². The molecular weight excluding hydrogens is 382 g/mol. The molecule has 0 bridgehead atoms. The Morgan fingerprint density at radius 2 is 1.87 bits per heavy atom. The van der Waals surface area contributed by atoms with Crippen molar-refractivity contribution >= 4 is 11.8 Å². The molecule has 0 spiro atoms. The predicted molar refractivity (Wildman–Crippen MR) is 111 cm³/mol. The van der Waals surface area contributed by atoms with E-state index >= 15 is 0 Å². The van der Waals surface area contributed by atoms with Crippen molar-refractivity contribution < 1.29 is 18.8 Å². The van der Waals surface area contributed by atoms with E-state index in [0.717, 1.165) is 31.7 Å². The van der Waals surface area contributed by atoms with Gasteiger partial charge in [0.05, 0.1) is 6.61 Å². The number of carbonyl (C=O) groups excluding carboxylic acids is 2. The first-order chi connectivity index (χ1) is 14.5. The first kappa shape index (κ1) is 20.4. The van der Waals surface area contributed by atoms with Gasteiger partial charge in [-0.15, -0.1) is 0 Å². The zero-order valence-corrected chi connectivity index (χ0v) is 17.6. The van der Waals surface area contributed by atoms with Gasteiger partial charge in [-0.3, -0.25) is 9.59 Å². The van der Waals surface area contributed by atoms with Crippen molar-refractivity contribution in [3.8, 4) is 5.75 Å². The second-order valence-electron chi connectivity index (χ2n) is 8.42. The molecule has 4 rings (SSSR count). The zero-order valence-electron chi connectivity index (χ0n) is 17.6. The number of likely N-dealkylation sites (tertiary alicyclic amines) is 2. The summed E-state index contributed by atoms with van der Waals surface area (Å²) in [6.45, 7) is 6.91. The van der Waals surface area contributed by atoms with Crippen LogP contribution in [0.3, 0.4) is 0 Å². The van der Waals surface area contributed by atoms with Gasteiger partial charge in [-0.05, 0) is 43.7 Å². The molecule has 0 aliphatic carbocycles. The van der Waals surface area contributed by atoms with Gasteiger partial charge in [0.2, 0.25) is 5.91 Å². The minimum absolute atomic E-state index is 0.0831. The molecular formula is C23H29N3O4. The largest absolute Gasteiger partial charge is 0.493 e. The van der Waals surface area contributed by atoms with E-state index in [1.807, 2.05) is 40.1 Å². The standard InChI is InChI=1S/C23H29N3O4/c1-16-12-22(24-30-16)23(28)26-13-19(15-29-20-6-4-3-5-7-20)21(14-26)18-8-10-25(11-9-18)17(2)27/h3-7,12,18-19,21H,8-11,13-15H2,1-2H3. The molecule has 7 heteroatoms. The Kier molecular flexibility index (Phi) is 6.06. The molecule has 2 fully saturated rings. The van der Waals surface area contributed by atoms with Gasteiger partial charge in [-0.2, -0.15) is 0 Å². The third-order valence-electron chi connectivity index (χ3n) is 6.42. The number of piperidine rings is 1. The SMILES string of the molecule is CC(=O)N1CCC(C2CN(C(=O)c3cc(C)on3)CC2COc2ccccc2)CC1. The van der Waals surface area contributed by atoms with Crippen LogP contribution in [0.1, 0.15) is 36.0 Å². The van der Waals surface area contributed by atoms with Crippen LogP contribution in [0.2, 0.25) is 0 Å². The van der Waals surface area contributed by atoms with Gasteiger partial charge in [-0.1, -0.05) is 23.4 Å². The Balaban J connectivity index is 1.46. The lowest BCUT2D eigenvalue weighted by molar-refractivity contribution is -0.130. The maximum atomic E-state index is 13.0. The lowest BCUT2D eigenvalue weighted by Gasteiger charge is -2.36. The fraction of sp³-hybridized carbons (Fsp3) is 0.522. The number of ether oxygens (including phenoxy) is 1. The average Bonchev–Trinajstić information content (AvgIpc) is 3.39. The summed E-state index contributed by atoms with van der Waals surface area (Å²) in [5, 5.41) is 3.90. The Morgan fingerprint density at radius 1 is 1.13 bits per heavy atom. The normalized spacial score (nSPS) is 22.3. The van der Waals surface area contributed by atoms with Crippen molar-refractivity contribution in [2.75, 3.05) is 32.8 Å². The number of para-hydroxylation sites is 1. The predicted octanol–water partition coefficient (Wildman–Crippen LogP) is 3.01. The summed E-state index contributed by atoms with van der Waals surface area (Å²) >= 11 is 0.